The van der Waals surface area contributed by atoms with Crippen molar-refractivity contribution >= 4 is 21.8 Å². The van der Waals surface area contributed by atoms with Gasteiger partial charge in [0.05, 0.1) is 7.11 Å². The van der Waals surface area contributed by atoms with Gasteiger partial charge in [-0.15, -0.1) is 0 Å². The van der Waals surface area contributed by atoms with Crippen molar-refractivity contribution in [3.63, 3.8) is 0 Å². The summed E-state index contributed by atoms with van der Waals surface area (Å²) >= 11 is 3.49. The van der Waals surface area contributed by atoms with Gasteiger partial charge in [-0.2, -0.15) is 13.2 Å². The van der Waals surface area contributed by atoms with Gasteiger partial charge < -0.3 is 14.4 Å². The van der Waals surface area contributed by atoms with Gasteiger partial charge >= 0.3 is 6.18 Å². The quantitative estimate of drug-likeness (QED) is 0.100. The van der Waals surface area contributed by atoms with Gasteiger partial charge in [-0.25, -0.2) is 0 Å². The van der Waals surface area contributed by atoms with Crippen LogP contribution < -0.4 is 9.47 Å². The summed E-state index contributed by atoms with van der Waals surface area (Å²) in [4.78, 5) is 15.9. The molecule has 1 saturated carbocycles. The van der Waals surface area contributed by atoms with Crippen molar-refractivity contribution in [1.82, 2.24) is 4.90 Å². The van der Waals surface area contributed by atoms with Crippen LogP contribution in [-0.2, 0) is 23.4 Å². The molecule has 0 saturated heterocycles. The molecule has 0 bridgehead atoms. The standard InChI is InChI=1S/C44H49BrF3NO3/c1-51-41-28-36(52-30-32-20-22-34(23-21-32)33-14-6-4-2-3-5-7-15-33)25-24-35(41)29-49(31-44(46,47)48)42(50)43(26-12-13-27-45)39-18-10-8-16-37(39)38-17-9-11-19-40(38)43/h8-11,16-25,28,33H,2-7,12-15,26-27,29-31H2,1H3. The van der Waals surface area contributed by atoms with Crippen LogP contribution in [0.5, 0.6) is 11.5 Å². The third-order valence-corrected chi connectivity index (χ3v) is 11.4. The lowest BCUT2D eigenvalue weighted by molar-refractivity contribution is -0.165. The highest BCUT2D eigenvalue weighted by molar-refractivity contribution is 9.09. The first-order valence-corrected chi connectivity index (χ1v) is 19.9. The first kappa shape index (κ1) is 38.0. The molecule has 0 N–H and O–H groups in total. The Morgan fingerprint density at radius 1 is 0.827 bits per heavy atom. The Morgan fingerprint density at radius 3 is 2.04 bits per heavy atom. The third kappa shape index (κ3) is 8.70. The minimum absolute atomic E-state index is 0.269. The smallest absolute Gasteiger partial charge is 0.406 e. The van der Waals surface area contributed by atoms with Crippen molar-refractivity contribution in [2.24, 2.45) is 0 Å². The van der Waals surface area contributed by atoms with Gasteiger partial charge in [-0.1, -0.05) is 134 Å². The molecule has 52 heavy (non-hydrogen) atoms. The molecule has 2 aliphatic rings. The molecule has 1 fully saturated rings. The molecule has 4 aromatic carbocycles. The summed E-state index contributed by atoms with van der Waals surface area (Å²) in [5.74, 6) is 0.960. The van der Waals surface area contributed by atoms with Crippen molar-refractivity contribution in [2.45, 2.75) is 101 Å². The first-order chi connectivity index (χ1) is 25.2. The summed E-state index contributed by atoms with van der Waals surface area (Å²) in [5.41, 5.74) is 4.95. The van der Waals surface area contributed by atoms with Gasteiger partial charge in [0.1, 0.15) is 30.1 Å². The number of halogens is 4. The second-order valence-electron chi connectivity index (χ2n) is 14.3. The zero-order valence-electron chi connectivity index (χ0n) is 30.0. The van der Waals surface area contributed by atoms with Crippen LogP contribution in [0.2, 0.25) is 0 Å². The Balaban J connectivity index is 1.23. The van der Waals surface area contributed by atoms with E-state index in [-0.39, 0.29) is 6.54 Å². The fraction of sp³-hybridized carbons (Fsp3) is 0.432. The van der Waals surface area contributed by atoms with Crippen molar-refractivity contribution in [3.8, 4) is 22.6 Å². The lowest BCUT2D eigenvalue weighted by Gasteiger charge is -2.37. The highest BCUT2D eigenvalue weighted by Crippen LogP contribution is 2.53. The number of rotatable bonds is 13. The highest BCUT2D eigenvalue weighted by Gasteiger charge is 2.51. The number of hydrogen-bond donors (Lipinski definition) is 0. The van der Waals surface area contributed by atoms with Gasteiger partial charge in [-0.05, 0) is 77.1 Å². The van der Waals surface area contributed by atoms with Crippen molar-refractivity contribution in [3.05, 3.63) is 119 Å². The predicted molar refractivity (Wildman–Crippen MR) is 205 cm³/mol. The first-order valence-electron chi connectivity index (χ1n) is 18.7. The van der Waals surface area contributed by atoms with E-state index in [1.54, 1.807) is 18.2 Å². The zero-order valence-corrected chi connectivity index (χ0v) is 31.6. The van der Waals surface area contributed by atoms with E-state index in [9.17, 15) is 18.0 Å². The van der Waals surface area contributed by atoms with Crippen LogP contribution in [0.3, 0.4) is 0 Å². The number of fused-ring (bicyclic) bond motifs is 3. The van der Waals surface area contributed by atoms with Gasteiger partial charge in [0.2, 0.25) is 5.91 Å². The van der Waals surface area contributed by atoms with Crippen LogP contribution in [-0.4, -0.2) is 36.0 Å². The molecule has 0 radical (unpaired) electrons. The maximum Gasteiger partial charge on any atom is 0.406 e. The number of amides is 1. The number of carbonyl (C=O) groups excluding carboxylic acids is 1. The topological polar surface area (TPSA) is 38.8 Å². The van der Waals surface area contributed by atoms with Gasteiger partial charge in [0.15, 0.2) is 0 Å². The largest absolute Gasteiger partial charge is 0.496 e. The number of methoxy groups -OCH3 is 1. The molecule has 1 amide bonds. The Labute approximate surface area is 314 Å². The molecule has 0 spiro atoms. The van der Waals surface area contributed by atoms with Crippen LogP contribution in [0, 0.1) is 0 Å². The van der Waals surface area contributed by atoms with E-state index in [0.29, 0.717) is 42.4 Å². The molecule has 4 aromatic rings. The van der Waals surface area contributed by atoms with Crippen LogP contribution in [0.25, 0.3) is 11.1 Å². The minimum atomic E-state index is -4.61. The average Bonchev–Trinajstić information content (AvgIpc) is 3.51. The Morgan fingerprint density at radius 2 is 1.44 bits per heavy atom. The predicted octanol–water partition coefficient (Wildman–Crippen LogP) is 11.9. The van der Waals surface area contributed by atoms with Crippen LogP contribution in [0.1, 0.15) is 104 Å². The summed E-state index contributed by atoms with van der Waals surface area (Å²) in [6.07, 6.45) is 7.64. The monoisotopic (exact) mass is 775 g/mol. The second kappa shape index (κ2) is 17.4. The summed E-state index contributed by atoms with van der Waals surface area (Å²) in [5, 5.41) is 0.740. The lowest BCUT2D eigenvalue weighted by Crippen LogP contribution is -2.49. The SMILES string of the molecule is COc1cc(OCc2ccc(C3CCCCCCCC3)cc2)ccc1CN(CC(F)(F)F)C(=O)C1(CCCCBr)c2ccccc2-c2ccccc21. The molecule has 6 rings (SSSR count). The molecule has 0 aliphatic heterocycles. The molecule has 0 unspecified atom stereocenters. The summed E-state index contributed by atoms with van der Waals surface area (Å²) in [6, 6.07) is 29.1. The van der Waals surface area contributed by atoms with Crippen LogP contribution in [0.15, 0.2) is 91.0 Å². The molecule has 276 valence electrons. The number of ether oxygens (including phenoxy) is 2. The van der Waals surface area contributed by atoms with Crippen molar-refractivity contribution in [1.29, 1.82) is 0 Å². The number of alkyl halides is 4. The maximum atomic E-state index is 14.9. The lowest BCUT2D eigenvalue weighted by atomic mass is 9.73. The van der Waals surface area contributed by atoms with Gasteiger partial charge in [-0.3, -0.25) is 4.79 Å². The van der Waals surface area contributed by atoms with E-state index < -0.39 is 24.0 Å². The Hall–Kier alpha value is -3.78. The number of nitrogens with zero attached hydrogens (tertiary/aromatic N) is 1. The molecule has 8 heteroatoms. The van der Waals surface area contributed by atoms with Crippen LogP contribution >= 0.6 is 15.9 Å². The molecule has 0 heterocycles. The van der Waals surface area contributed by atoms with Gasteiger partial charge in [0.25, 0.3) is 0 Å². The highest BCUT2D eigenvalue weighted by atomic mass is 79.9. The Bertz CT molecular complexity index is 1730. The number of hydrogen-bond acceptors (Lipinski definition) is 3. The molecule has 0 atom stereocenters. The fourth-order valence-corrected chi connectivity index (χ4v) is 8.67. The van der Waals surface area contributed by atoms with E-state index in [4.69, 9.17) is 9.47 Å². The fourth-order valence-electron chi connectivity index (χ4n) is 8.27. The normalized spacial score (nSPS) is 15.9. The summed E-state index contributed by atoms with van der Waals surface area (Å²) in [6.45, 7) is -1.30. The van der Waals surface area contributed by atoms with Crippen LogP contribution in [0.4, 0.5) is 13.2 Å². The molecule has 2 aliphatic carbocycles. The summed E-state index contributed by atoms with van der Waals surface area (Å²) < 4.78 is 54.8. The van der Waals surface area contributed by atoms with Gasteiger partial charge in [0, 0.05) is 23.5 Å². The van der Waals surface area contributed by atoms with Crippen molar-refractivity contribution < 1.29 is 27.4 Å². The third-order valence-electron chi connectivity index (χ3n) is 10.9. The number of benzene rings is 4. The number of carbonyl (C=O) groups is 1. The second-order valence-corrected chi connectivity index (χ2v) is 15.1. The average molecular weight is 777 g/mol. The van der Waals surface area contributed by atoms with E-state index in [0.717, 1.165) is 44.5 Å². The Kier molecular flexibility index (Phi) is 12.7. The van der Waals surface area contributed by atoms with E-state index in [1.807, 2.05) is 48.5 Å². The molecule has 0 aromatic heterocycles. The van der Waals surface area contributed by atoms with E-state index >= 15 is 0 Å². The minimum Gasteiger partial charge on any atom is -0.496 e. The zero-order chi connectivity index (χ0) is 36.6. The molecular formula is C44H49BrF3NO3. The molecule has 4 nitrogen and oxygen atoms in total. The van der Waals surface area contributed by atoms with Crippen molar-refractivity contribution in [2.75, 3.05) is 19.0 Å². The number of unbranched alkanes of at least 4 members (excludes halogenated alkanes) is 1. The molecular weight excluding hydrogens is 727 g/mol. The van der Waals surface area contributed by atoms with E-state index in [1.165, 1.54) is 64.0 Å². The summed E-state index contributed by atoms with van der Waals surface area (Å²) in [7, 11) is 1.49. The maximum absolute atomic E-state index is 14.9. The van der Waals surface area contributed by atoms with E-state index in [2.05, 4.69) is 40.2 Å².